The van der Waals surface area contributed by atoms with Crippen LogP contribution in [0.1, 0.15) is 4.88 Å². The molecule has 4 rings (SSSR count). The van der Waals surface area contributed by atoms with E-state index in [0.717, 1.165) is 48.4 Å². The highest BCUT2D eigenvalue weighted by Crippen LogP contribution is 2.23. The summed E-state index contributed by atoms with van der Waals surface area (Å²) in [5, 5.41) is 2.01. The molecule has 0 aliphatic carbocycles. The molecule has 1 aliphatic heterocycles. The van der Waals surface area contributed by atoms with Gasteiger partial charge in [0, 0.05) is 49.5 Å². The summed E-state index contributed by atoms with van der Waals surface area (Å²) in [7, 11) is 1.67. The summed E-state index contributed by atoms with van der Waals surface area (Å²) in [5.41, 5.74) is 1.01. The van der Waals surface area contributed by atoms with Gasteiger partial charge in [0.05, 0.1) is 19.2 Å². The minimum atomic E-state index is 0.202. The van der Waals surface area contributed by atoms with Crippen molar-refractivity contribution in [2.24, 2.45) is 0 Å². The van der Waals surface area contributed by atoms with Crippen molar-refractivity contribution in [3.05, 3.63) is 59.0 Å². The smallest absolute Gasteiger partial charge is 0.227 e. The van der Waals surface area contributed by atoms with Crippen LogP contribution in [0.2, 0.25) is 0 Å². The number of ether oxygens (including phenoxy) is 1. The van der Waals surface area contributed by atoms with Crippen LogP contribution in [-0.4, -0.2) is 53.6 Å². The first kappa shape index (κ1) is 17.6. The van der Waals surface area contributed by atoms with Gasteiger partial charge >= 0.3 is 0 Å². The maximum absolute atomic E-state index is 12.5. The second kappa shape index (κ2) is 7.84. The average Bonchev–Trinajstić information content (AvgIpc) is 3.40. The first-order chi connectivity index (χ1) is 13.2. The van der Waals surface area contributed by atoms with Gasteiger partial charge in [-0.25, -0.2) is 4.98 Å². The molecule has 0 spiro atoms. The van der Waals surface area contributed by atoms with Gasteiger partial charge in [-0.1, -0.05) is 12.1 Å². The zero-order valence-electron chi connectivity index (χ0n) is 15.2. The topological polar surface area (TPSA) is 50.6 Å². The summed E-state index contributed by atoms with van der Waals surface area (Å²) in [4.78, 5) is 22.4. The molecule has 0 unspecified atom stereocenters. The Labute approximate surface area is 162 Å². The van der Waals surface area contributed by atoms with Gasteiger partial charge in [-0.15, -0.1) is 11.3 Å². The lowest BCUT2D eigenvalue weighted by atomic mass is 10.2. The van der Waals surface area contributed by atoms with Gasteiger partial charge in [0.15, 0.2) is 0 Å². The van der Waals surface area contributed by atoms with E-state index in [1.807, 2.05) is 59.1 Å². The molecule has 0 saturated carbocycles. The predicted molar refractivity (Wildman–Crippen MR) is 107 cm³/mol. The summed E-state index contributed by atoms with van der Waals surface area (Å²) in [6, 6.07) is 11.9. The van der Waals surface area contributed by atoms with Gasteiger partial charge in [-0.05, 0) is 23.6 Å². The Morgan fingerprint density at radius 3 is 2.78 bits per heavy atom. The third kappa shape index (κ3) is 3.83. The van der Waals surface area contributed by atoms with E-state index < -0.39 is 0 Å². The maximum atomic E-state index is 12.5. The van der Waals surface area contributed by atoms with Crippen molar-refractivity contribution in [2.75, 3.05) is 38.2 Å². The Kier molecular flexibility index (Phi) is 5.11. The highest BCUT2D eigenvalue weighted by Gasteiger charge is 2.24. The molecule has 0 N–H and O–H groups in total. The number of carbonyl (C=O) groups excluding carboxylic acids is 1. The summed E-state index contributed by atoms with van der Waals surface area (Å²) in [6.07, 6.45) is 4.26. The fourth-order valence-electron chi connectivity index (χ4n) is 3.32. The zero-order valence-corrected chi connectivity index (χ0v) is 16.1. The summed E-state index contributed by atoms with van der Waals surface area (Å²) < 4.78 is 7.39. The molecule has 1 aromatic carbocycles. The van der Waals surface area contributed by atoms with Crippen molar-refractivity contribution >= 4 is 23.2 Å². The molecule has 3 aromatic rings. The molecular formula is C20H22N4O2S. The number of hydrogen-bond donors (Lipinski definition) is 0. The van der Waals surface area contributed by atoms with Crippen LogP contribution in [-0.2, 0) is 11.2 Å². The largest absolute Gasteiger partial charge is 0.497 e. The summed E-state index contributed by atoms with van der Waals surface area (Å²) in [6.45, 7) is 2.98. The van der Waals surface area contributed by atoms with Gasteiger partial charge in [-0.2, -0.15) is 0 Å². The molecule has 1 aliphatic rings. The molecule has 3 heterocycles. The number of amides is 1. The minimum Gasteiger partial charge on any atom is -0.497 e. The molecule has 1 fully saturated rings. The lowest BCUT2D eigenvalue weighted by Gasteiger charge is -2.35. The zero-order chi connectivity index (χ0) is 18.6. The quantitative estimate of drug-likeness (QED) is 0.681. The van der Waals surface area contributed by atoms with E-state index in [0.29, 0.717) is 6.42 Å². The molecule has 0 bridgehead atoms. The molecule has 0 atom stereocenters. The number of nitrogens with zero attached hydrogens (tertiary/aromatic N) is 4. The summed E-state index contributed by atoms with van der Waals surface area (Å²) >= 11 is 1.63. The van der Waals surface area contributed by atoms with Crippen molar-refractivity contribution in [1.82, 2.24) is 14.5 Å². The van der Waals surface area contributed by atoms with E-state index in [4.69, 9.17) is 4.74 Å². The van der Waals surface area contributed by atoms with Crippen LogP contribution in [0.25, 0.3) is 5.69 Å². The molecule has 27 heavy (non-hydrogen) atoms. The van der Waals surface area contributed by atoms with Gasteiger partial charge in [0.1, 0.15) is 5.75 Å². The lowest BCUT2D eigenvalue weighted by Crippen LogP contribution is -2.49. The molecule has 1 amide bonds. The molecule has 1 saturated heterocycles. The third-order valence-corrected chi connectivity index (χ3v) is 5.65. The average molecular weight is 382 g/mol. The molecule has 2 aromatic heterocycles. The number of thiophene rings is 1. The number of aromatic nitrogens is 2. The number of hydrogen-bond acceptors (Lipinski definition) is 5. The first-order valence-electron chi connectivity index (χ1n) is 8.97. The first-order valence-corrected chi connectivity index (χ1v) is 9.85. The second-order valence-electron chi connectivity index (χ2n) is 6.42. The molecular weight excluding hydrogens is 360 g/mol. The molecule has 0 radical (unpaired) electrons. The van der Waals surface area contributed by atoms with E-state index in [1.165, 1.54) is 0 Å². The molecule has 7 heteroatoms. The van der Waals surface area contributed by atoms with Crippen LogP contribution in [0.4, 0.5) is 5.95 Å². The normalized spacial score (nSPS) is 14.4. The number of rotatable bonds is 5. The lowest BCUT2D eigenvalue weighted by molar-refractivity contribution is -0.130. The molecule has 6 nitrogen and oxygen atoms in total. The SMILES string of the molecule is COc1cccc(-n2ccnc2N2CCN(C(=O)Cc3cccs3)CC2)c1. The van der Waals surface area contributed by atoms with Gasteiger partial charge in [0.25, 0.3) is 0 Å². The standard InChI is InChI=1S/C20H22N4O2S/c1-26-17-5-2-4-16(14-17)24-8-7-21-20(24)23-11-9-22(10-12-23)19(25)15-18-6-3-13-27-18/h2-8,13-14H,9-12,15H2,1H3. The van der Waals surface area contributed by atoms with Crippen LogP contribution in [0, 0.1) is 0 Å². The number of imidazole rings is 1. The van der Waals surface area contributed by atoms with E-state index in [9.17, 15) is 4.79 Å². The van der Waals surface area contributed by atoms with Crippen molar-refractivity contribution in [1.29, 1.82) is 0 Å². The van der Waals surface area contributed by atoms with Crippen molar-refractivity contribution in [3.63, 3.8) is 0 Å². The van der Waals surface area contributed by atoms with Crippen molar-refractivity contribution < 1.29 is 9.53 Å². The maximum Gasteiger partial charge on any atom is 0.227 e. The van der Waals surface area contributed by atoms with E-state index in [-0.39, 0.29) is 5.91 Å². The Morgan fingerprint density at radius 2 is 2.04 bits per heavy atom. The Hall–Kier alpha value is -2.80. The van der Waals surface area contributed by atoms with Gasteiger partial charge in [0.2, 0.25) is 11.9 Å². The van der Waals surface area contributed by atoms with Crippen molar-refractivity contribution in [2.45, 2.75) is 6.42 Å². The summed E-state index contributed by atoms with van der Waals surface area (Å²) in [5.74, 6) is 1.91. The highest BCUT2D eigenvalue weighted by atomic mass is 32.1. The number of carbonyl (C=O) groups is 1. The van der Waals surface area contributed by atoms with Crippen LogP contribution < -0.4 is 9.64 Å². The van der Waals surface area contributed by atoms with E-state index >= 15 is 0 Å². The minimum absolute atomic E-state index is 0.202. The Balaban J connectivity index is 1.43. The Bertz CT molecular complexity index is 898. The van der Waals surface area contributed by atoms with Crippen LogP contribution in [0.15, 0.2) is 54.2 Å². The van der Waals surface area contributed by atoms with Crippen LogP contribution in [0.3, 0.4) is 0 Å². The number of piperazine rings is 1. The third-order valence-electron chi connectivity index (χ3n) is 4.77. The fraction of sp³-hybridized carbons (Fsp3) is 0.300. The van der Waals surface area contributed by atoms with Crippen LogP contribution in [0.5, 0.6) is 5.75 Å². The van der Waals surface area contributed by atoms with Gasteiger partial charge < -0.3 is 14.5 Å². The molecule has 140 valence electrons. The van der Waals surface area contributed by atoms with Crippen LogP contribution >= 0.6 is 11.3 Å². The van der Waals surface area contributed by atoms with E-state index in [2.05, 4.69) is 14.5 Å². The van der Waals surface area contributed by atoms with Crippen molar-refractivity contribution in [3.8, 4) is 11.4 Å². The highest BCUT2D eigenvalue weighted by molar-refractivity contribution is 7.10. The van der Waals surface area contributed by atoms with E-state index in [1.54, 1.807) is 18.4 Å². The monoisotopic (exact) mass is 382 g/mol. The van der Waals surface area contributed by atoms with Gasteiger partial charge in [-0.3, -0.25) is 9.36 Å². The number of anilines is 1. The number of benzene rings is 1. The number of methoxy groups -OCH3 is 1. The second-order valence-corrected chi connectivity index (χ2v) is 7.45. The predicted octanol–water partition coefficient (Wildman–Crippen LogP) is 2.83. The fourth-order valence-corrected chi connectivity index (χ4v) is 4.02. The Morgan fingerprint density at radius 1 is 1.19 bits per heavy atom.